The summed E-state index contributed by atoms with van der Waals surface area (Å²) in [5, 5.41) is 8.61. The molecule has 1 aliphatic rings. The highest BCUT2D eigenvalue weighted by atomic mass is 16.5. The van der Waals surface area contributed by atoms with Gasteiger partial charge in [-0.3, -0.25) is 0 Å². The highest BCUT2D eigenvalue weighted by Gasteiger charge is 2.20. The van der Waals surface area contributed by atoms with E-state index in [1.165, 1.54) is 0 Å². The van der Waals surface area contributed by atoms with Crippen molar-refractivity contribution in [2.45, 2.75) is 12.5 Å². The van der Waals surface area contributed by atoms with E-state index >= 15 is 0 Å². The Balaban J connectivity index is 2.03. The lowest BCUT2D eigenvalue weighted by atomic mass is 10.1. The number of nitrogens with two attached hydrogens (primary N) is 1. The molecule has 2 rings (SSSR count). The number of aliphatic hydroxyl groups is 1. The van der Waals surface area contributed by atoms with Crippen LogP contribution in [-0.2, 0) is 0 Å². The van der Waals surface area contributed by atoms with Crippen LogP contribution in [0.1, 0.15) is 18.0 Å². The van der Waals surface area contributed by atoms with Gasteiger partial charge in [0.1, 0.15) is 18.1 Å². The number of rotatable bonds is 4. The maximum absolute atomic E-state index is 8.61. The number of ether oxygens (including phenoxy) is 2. The smallest absolute Gasteiger partial charge is 0.127 e. The molecule has 82 valence electrons. The zero-order chi connectivity index (χ0) is 10.7. The third kappa shape index (κ3) is 2.22. The van der Waals surface area contributed by atoms with Crippen LogP contribution in [0.3, 0.4) is 0 Å². The molecule has 0 amide bonds. The Hall–Kier alpha value is -1.26. The summed E-state index contributed by atoms with van der Waals surface area (Å²) in [6.07, 6.45) is 0.636. The van der Waals surface area contributed by atoms with E-state index in [0.717, 1.165) is 17.1 Å². The number of benzene rings is 1. The van der Waals surface area contributed by atoms with Crippen LogP contribution in [0.4, 0.5) is 0 Å². The van der Waals surface area contributed by atoms with Crippen LogP contribution in [0.25, 0.3) is 0 Å². The third-order valence-corrected chi connectivity index (χ3v) is 2.37. The number of aliphatic hydroxyl groups excluding tert-OH is 1. The molecule has 0 saturated heterocycles. The first-order valence-electron chi connectivity index (χ1n) is 5.07. The zero-order valence-electron chi connectivity index (χ0n) is 8.48. The van der Waals surface area contributed by atoms with Gasteiger partial charge in [-0.05, 0) is 12.1 Å². The lowest BCUT2D eigenvalue weighted by Gasteiger charge is -2.07. The molecular weight excluding hydrogens is 194 g/mol. The summed E-state index contributed by atoms with van der Waals surface area (Å²) in [5.74, 6) is 1.57. The minimum atomic E-state index is -0.0218. The fraction of sp³-hybridized carbons (Fsp3) is 0.455. The van der Waals surface area contributed by atoms with Gasteiger partial charge in [-0.1, -0.05) is 0 Å². The summed E-state index contributed by atoms with van der Waals surface area (Å²) in [6, 6.07) is 5.64. The van der Waals surface area contributed by atoms with E-state index in [-0.39, 0.29) is 12.6 Å². The van der Waals surface area contributed by atoms with Crippen molar-refractivity contribution in [1.82, 2.24) is 0 Å². The SMILES string of the molecule is NC1COc2cc(OCCCO)ccc21. The first-order valence-corrected chi connectivity index (χ1v) is 5.07. The van der Waals surface area contributed by atoms with Gasteiger partial charge in [0.2, 0.25) is 0 Å². The van der Waals surface area contributed by atoms with Gasteiger partial charge >= 0.3 is 0 Å². The first kappa shape index (κ1) is 10.3. The van der Waals surface area contributed by atoms with Gasteiger partial charge in [-0.15, -0.1) is 0 Å². The van der Waals surface area contributed by atoms with E-state index in [1.807, 2.05) is 18.2 Å². The van der Waals surface area contributed by atoms with Crippen molar-refractivity contribution in [3.63, 3.8) is 0 Å². The van der Waals surface area contributed by atoms with E-state index in [9.17, 15) is 0 Å². The van der Waals surface area contributed by atoms with E-state index in [1.54, 1.807) is 0 Å². The second kappa shape index (κ2) is 4.51. The largest absolute Gasteiger partial charge is 0.493 e. The Morgan fingerprint density at radius 2 is 2.40 bits per heavy atom. The van der Waals surface area contributed by atoms with Crippen molar-refractivity contribution in [3.8, 4) is 11.5 Å². The van der Waals surface area contributed by atoms with Crippen LogP contribution in [0, 0.1) is 0 Å². The molecule has 15 heavy (non-hydrogen) atoms. The van der Waals surface area contributed by atoms with Crippen LogP contribution in [-0.4, -0.2) is 24.9 Å². The molecule has 0 fully saturated rings. The van der Waals surface area contributed by atoms with Gasteiger partial charge in [-0.2, -0.15) is 0 Å². The molecule has 4 nitrogen and oxygen atoms in total. The van der Waals surface area contributed by atoms with Crippen molar-refractivity contribution < 1.29 is 14.6 Å². The third-order valence-electron chi connectivity index (χ3n) is 2.37. The van der Waals surface area contributed by atoms with Gasteiger partial charge < -0.3 is 20.3 Å². The van der Waals surface area contributed by atoms with Crippen LogP contribution < -0.4 is 15.2 Å². The molecule has 1 aromatic carbocycles. The second-order valence-electron chi connectivity index (χ2n) is 3.54. The van der Waals surface area contributed by atoms with Gasteiger partial charge in [-0.25, -0.2) is 0 Å². The number of fused-ring (bicyclic) bond motifs is 1. The molecule has 1 heterocycles. The fourth-order valence-corrected chi connectivity index (χ4v) is 1.56. The molecule has 1 aliphatic heterocycles. The van der Waals surface area contributed by atoms with E-state index in [4.69, 9.17) is 20.3 Å². The topological polar surface area (TPSA) is 64.7 Å². The molecule has 0 saturated carbocycles. The predicted octanol–water partition coefficient (Wildman–Crippen LogP) is 0.840. The van der Waals surface area contributed by atoms with Crippen molar-refractivity contribution in [2.75, 3.05) is 19.8 Å². The van der Waals surface area contributed by atoms with Crippen LogP contribution in [0.15, 0.2) is 18.2 Å². The Bertz CT molecular complexity index is 341. The normalized spacial score (nSPS) is 18.4. The van der Waals surface area contributed by atoms with Crippen molar-refractivity contribution >= 4 is 0 Å². The van der Waals surface area contributed by atoms with Crippen LogP contribution in [0.2, 0.25) is 0 Å². The molecule has 1 atom stereocenters. The quantitative estimate of drug-likeness (QED) is 0.721. The van der Waals surface area contributed by atoms with E-state index in [2.05, 4.69) is 0 Å². The molecule has 0 spiro atoms. The number of hydrogen-bond acceptors (Lipinski definition) is 4. The van der Waals surface area contributed by atoms with Gasteiger partial charge in [0.25, 0.3) is 0 Å². The summed E-state index contributed by atoms with van der Waals surface area (Å²) < 4.78 is 10.8. The minimum absolute atomic E-state index is 0.0218. The lowest BCUT2D eigenvalue weighted by Crippen LogP contribution is -2.10. The van der Waals surface area contributed by atoms with Gasteiger partial charge in [0.15, 0.2) is 0 Å². The summed E-state index contributed by atoms with van der Waals surface area (Å²) in [6.45, 7) is 1.20. The summed E-state index contributed by atoms with van der Waals surface area (Å²) in [7, 11) is 0. The van der Waals surface area contributed by atoms with Crippen LogP contribution >= 0.6 is 0 Å². The lowest BCUT2D eigenvalue weighted by molar-refractivity contribution is 0.233. The van der Waals surface area contributed by atoms with E-state index in [0.29, 0.717) is 19.6 Å². The Morgan fingerprint density at radius 1 is 1.53 bits per heavy atom. The monoisotopic (exact) mass is 209 g/mol. The average Bonchev–Trinajstić information content (AvgIpc) is 2.61. The Kier molecular flexibility index (Phi) is 3.08. The van der Waals surface area contributed by atoms with Crippen molar-refractivity contribution in [3.05, 3.63) is 23.8 Å². The van der Waals surface area contributed by atoms with E-state index < -0.39 is 0 Å². The molecule has 4 heteroatoms. The average molecular weight is 209 g/mol. The summed E-state index contributed by atoms with van der Waals surface area (Å²) in [5.41, 5.74) is 6.85. The van der Waals surface area contributed by atoms with Gasteiger partial charge in [0.05, 0.1) is 12.6 Å². The molecule has 3 N–H and O–H groups in total. The maximum Gasteiger partial charge on any atom is 0.127 e. The highest BCUT2D eigenvalue weighted by molar-refractivity contribution is 5.44. The minimum Gasteiger partial charge on any atom is -0.493 e. The predicted molar refractivity (Wildman–Crippen MR) is 56.1 cm³/mol. The molecule has 0 bridgehead atoms. The molecule has 0 radical (unpaired) electrons. The van der Waals surface area contributed by atoms with Crippen LogP contribution in [0.5, 0.6) is 11.5 Å². The first-order chi connectivity index (χ1) is 7.31. The fourth-order valence-electron chi connectivity index (χ4n) is 1.56. The summed E-state index contributed by atoms with van der Waals surface area (Å²) in [4.78, 5) is 0. The Morgan fingerprint density at radius 3 is 3.20 bits per heavy atom. The number of hydrogen-bond donors (Lipinski definition) is 2. The highest BCUT2D eigenvalue weighted by Crippen LogP contribution is 2.33. The standard InChI is InChI=1S/C11H15NO3/c12-10-7-15-11-6-8(2-3-9(10)11)14-5-1-4-13/h2-3,6,10,13H,1,4-5,7,12H2. The molecule has 0 aliphatic carbocycles. The second-order valence-corrected chi connectivity index (χ2v) is 3.54. The zero-order valence-corrected chi connectivity index (χ0v) is 8.48. The molecule has 1 aromatic rings. The Labute approximate surface area is 88.6 Å². The molecular formula is C11H15NO3. The van der Waals surface area contributed by atoms with Gasteiger partial charge in [0, 0.05) is 24.7 Å². The molecule has 0 aromatic heterocycles. The van der Waals surface area contributed by atoms with Crippen molar-refractivity contribution in [1.29, 1.82) is 0 Å². The summed E-state index contributed by atoms with van der Waals surface area (Å²) >= 11 is 0. The maximum atomic E-state index is 8.61. The van der Waals surface area contributed by atoms with Crippen molar-refractivity contribution in [2.24, 2.45) is 5.73 Å². The molecule has 1 unspecified atom stereocenters.